The standard InChI is InChI=1S/C42H49ClN8O4S/c1-51-36(20-30-24-47-34-11-3-2-10-32(30)34)40(54)50-25-31-18-29(27-13-14-38(53)49-22-27)19-33(43)39(31)56-41-28(9-7-17-46-41)23-48-35(12-6-16-45)37(52)21-26(42(51)55)8-4-5-15-44/h2-3,7,9-11,13-14,17-19,22,24,26,35-36,47-48H,4-6,8,12,15-16,20-21,23,25,44-45H2,1H3,(H,49,53)(H,50,54)/t26-,35+,36+/m1/s1. The van der Waals surface area contributed by atoms with Crippen LogP contribution in [0.25, 0.3) is 22.0 Å². The molecule has 0 aliphatic carbocycles. The van der Waals surface area contributed by atoms with Gasteiger partial charge in [0.2, 0.25) is 17.4 Å². The predicted molar refractivity (Wildman–Crippen MR) is 221 cm³/mol. The molecule has 6 rings (SSSR count). The maximum atomic E-state index is 14.6. The van der Waals surface area contributed by atoms with Crippen LogP contribution in [0, 0.1) is 5.92 Å². The van der Waals surface area contributed by atoms with Gasteiger partial charge in [0.15, 0.2) is 5.78 Å². The number of benzene rings is 2. The molecule has 0 unspecified atom stereocenters. The number of H-pyrrole nitrogens is 2. The minimum Gasteiger partial charge on any atom is -0.361 e. The van der Waals surface area contributed by atoms with Gasteiger partial charge in [-0.25, -0.2) is 4.98 Å². The molecule has 0 saturated heterocycles. The lowest BCUT2D eigenvalue weighted by atomic mass is 9.90. The van der Waals surface area contributed by atoms with Gasteiger partial charge in [-0.1, -0.05) is 54.0 Å². The van der Waals surface area contributed by atoms with Crippen LogP contribution in [-0.4, -0.2) is 69.7 Å². The SMILES string of the molecule is CN1C(=O)[C@H](CCCCN)CC(=O)[C@H](CCCN)NCc2cccnc2Sc2c(Cl)cc(-c3ccc(=O)[nH]c3)cc2CNC(=O)[C@@H]1Cc1c[nH]c2ccccc12. The molecular formula is C42H49ClN8O4S. The zero-order valence-electron chi connectivity index (χ0n) is 31.5. The summed E-state index contributed by atoms with van der Waals surface area (Å²) in [4.78, 5) is 68.1. The third-order valence-corrected chi connectivity index (χ3v) is 12.0. The molecule has 1 aliphatic heterocycles. The van der Waals surface area contributed by atoms with Crippen molar-refractivity contribution in [2.45, 2.75) is 80.0 Å². The molecule has 0 spiro atoms. The van der Waals surface area contributed by atoms with Crippen LogP contribution in [0.1, 0.15) is 55.2 Å². The molecule has 14 heteroatoms. The average molecular weight is 797 g/mol. The number of unbranched alkanes of at least 4 members (excludes halogenated alkanes) is 1. The van der Waals surface area contributed by atoms with Crippen molar-refractivity contribution in [1.82, 2.24) is 30.5 Å². The summed E-state index contributed by atoms with van der Waals surface area (Å²) in [7, 11) is 1.65. The summed E-state index contributed by atoms with van der Waals surface area (Å²) in [6, 6.07) is 17.1. The maximum Gasteiger partial charge on any atom is 0.247 e. The summed E-state index contributed by atoms with van der Waals surface area (Å²) >= 11 is 8.45. The van der Waals surface area contributed by atoms with E-state index in [9.17, 15) is 19.2 Å². The summed E-state index contributed by atoms with van der Waals surface area (Å²) in [5.74, 6) is -1.36. The number of halogens is 1. The zero-order chi connectivity index (χ0) is 39.6. The zero-order valence-corrected chi connectivity index (χ0v) is 33.1. The van der Waals surface area contributed by atoms with E-state index >= 15 is 0 Å². The number of carbonyl (C=O) groups excluding carboxylic acids is 3. The van der Waals surface area contributed by atoms with Crippen molar-refractivity contribution in [3.8, 4) is 11.1 Å². The second-order valence-electron chi connectivity index (χ2n) is 14.2. The first kappa shape index (κ1) is 40.9. The first-order chi connectivity index (χ1) is 27.2. The number of aromatic amines is 2. The smallest absolute Gasteiger partial charge is 0.247 e. The van der Waals surface area contributed by atoms with Crippen molar-refractivity contribution in [2.75, 3.05) is 20.1 Å². The van der Waals surface area contributed by atoms with Gasteiger partial charge in [-0.2, -0.15) is 0 Å². The fourth-order valence-electron chi connectivity index (χ4n) is 7.22. The van der Waals surface area contributed by atoms with E-state index in [2.05, 4.69) is 20.6 Å². The Morgan fingerprint density at radius 1 is 0.875 bits per heavy atom. The number of nitrogens with zero attached hydrogens (tertiary/aromatic N) is 2. The van der Waals surface area contributed by atoms with Gasteiger partial charge in [0, 0.05) is 79.4 Å². The predicted octanol–water partition coefficient (Wildman–Crippen LogP) is 5.32. The van der Waals surface area contributed by atoms with Gasteiger partial charge < -0.3 is 37.0 Å². The van der Waals surface area contributed by atoms with Crippen LogP contribution in [0.2, 0.25) is 5.02 Å². The number of para-hydroxylation sites is 1. The van der Waals surface area contributed by atoms with Crippen LogP contribution in [-0.2, 0) is 33.9 Å². The molecule has 1 aliphatic rings. The van der Waals surface area contributed by atoms with E-state index < -0.39 is 18.0 Å². The van der Waals surface area contributed by atoms with Crippen LogP contribution in [0.3, 0.4) is 0 Å². The highest BCUT2D eigenvalue weighted by Gasteiger charge is 2.34. The summed E-state index contributed by atoms with van der Waals surface area (Å²) in [6.45, 7) is 1.32. The van der Waals surface area contributed by atoms with Gasteiger partial charge in [0.25, 0.3) is 0 Å². The lowest BCUT2D eigenvalue weighted by Gasteiger charge is -2.31. The highest BCUT2D eigenvalue weighted by atomic mass is 35.5. The number of likely N-dealkylation sites (N-methyl/N-ethyl adjacent to an activating group) is 1. The molecule has 0 radical (unpaired) electrons. The van der Waals surface area contributed by atoms with Gasteiger partial charge >= 0.3 is 0 Å². The Morgan fingerprint density at radius 3 is 2.48 bits per heavy atom. The number of ketones is 1. The molecule has 3 aromatic heterocycles. The Balaban J connectivity index is 1.45. The molecule has 8 N–H and O–H groups in total. The molecule has 2 aromatic carbocycles. The molecule has 4 heterocycles. The highest BCUT2D eigenvalue weighted by molar-refractivity contribution is 7.99. The first-order valence-corrected chi connectivity index (χ1v) is 20.2. The number of carbonyl (C=O) groups is 3. The number of amides is 2. The molecule has 56 heavy (non-hydrogen) atoms. The summed E-state index contributed by atoms with van der Waals surface area (Å²) < 4.78 is 0. The van der Waals surface area contributed by atoms with Gasteiger partial charge in [-0.05, 0) is 96.9 Å². The maximum absolute atomic E-state index is 14.6. The van der Waals surface area contributed by atoms with Gasteiger partial charge in [-0.3, -0.25) is 19.2 Å². The van der Waals surface area contributed by atoms with Crippen molar-refractivity contribution in [1.29, 1.82) is 0 Å². The molecule has 3 atom stereocenters. The van der Waals surface area contributed by atoms with E-state index in [1.165, 1.54) is 22.7 Å². The number of fused-ring (bicyclic) bond motifs is 3. The topological polar surface area (TPSA) is 192 Å². The van der Waals surface area contributed by atoms with E-state index in [0.717, 1.165) is 38.7 Å². The average Bonchev–Trinajstić information content (AvgIpc) is 3.62. The van der Waals surface area contributed by atoms with E-state index in [4.69, 9.17) is 28.1 Å². The molecule has 0 fully saturated rings. The van der Waals surface area contributed by atoms with Gasteiger partial charge in [0.1, 0.15) is 11.1 Å². The number of aromatic nitrogens is 3. The number of rotatable bonds is 10. The fourth-order valence-corrected chi connectivity index (χ4v) is 8.57. The fraction of sp³-hybridized carbons (Fsp3) is 0.357. The van der Waals surface area contributed by atoms with Gasteiger partial charge in [0.05, 0.1) is 11.1 Å². The number of hydrogen-bond acceptors (Lipinski definition) is 9. The molecule has 0 saturated carbocycles. The molecule has 0 bridgehead atoms. The van der Waals surface area contributed by atoms with Crippen molar-refractivity contribution in [2.24, 2.45) is 17.4 Å². The minimum absolute atomic E-state index is 0.0145. The second kappa shape index (κ2) is 19.4. The van der Waals surface area contributed by atoms with Crippen LogP contribution >= 0.6 is 23.4 Å². The Hall–Kier alpha value is -4.79. The van der Waals surface area contributed by atoms with Crippen LogP contribution in [0.4, 0.5) is 0 Å². The summed E-state index contributed by atoms with van der Waals surface area (Å²) in [5.41, 5.74) is 16.4. The van der Waals surface area contributed by atoms with E-state index in [1.54, 1.807) is 25.5 Å². The van der Waals surface area contributed by atoms with E-state index in [-0.39, 0.29) is 42.5 Å². The summed E-state index contributed by atoms with van der Waals surface area (Å²) in [5, 5.41) is 8.69. The first-order valence-electron chi connectivity index (χ1n) is 19.1. The number of nitrogens with two attached hydrogens (primary N) is 2. The largest absolute Gasteiger partial charge is 0.361 e. The molecule has 2 amide bonds. The summed E-state index contributed by atoms with van der Waals surface area (Å²) in [6.07, 6.45) is 8.42. The number of nitrogens with one attached hydrogen (secondary N) is 4. The van der Waals surface area contributed by atoms with E-state index in [0.29, 0.717) is 66.7 Å². The molecule has 5 aromatic rings. The normalized spacial score (nSPS) is 18.7. The number of hydrogen-bond donors (Lipinski definition) is 6. The van der Waals surface area contributed by atoms with Crippen molar-refractivity contribution in [3.63, 3.8) is 0 Å². The van der Waals surface area contributed by atoms with Crippen molar-refractivity contribution < 1.29 is 14.4 Å². The van der Waals surface area contributed by atoms with Crippen LogP contribution in [0.15, 0.2) is 94.0 Å². The minimum atomic E-state index is -0.910. The monoisotopic (exact) mass is 796 g/mol. The van der Waals surface area contributed by atoms with Crippen LogP contribution < -0.4 is 27.7 Å². The number of pyridine rings is 2. The highest BCUT2D eigenvalue weighted by Crippen LogP contribution is 2.39. The van der Waals surface area contributed by atoms with Crippen molar-refractivity contribution >= 4 is 51.9 Å². The Labute approximate surface area is 335 Å². The van der Waals surface area contributed by atoms with Gasteiger partial charge in [-0.15, -0.1) is 0 Å². The quantitative estimate of drug-likeness (QED) is 0.102. The molecular weight excluding hydrogens is 748 g/mol. The van der Waals surface area contributed by atoms with Crippen molar-refractivity contribution in [3.05, 3.63) is 111 Å². The lowest BCUT2D eigenvalue weighted by molar-refractivity contribution is -0.143. The Morgan fingerprint density at radius 2 is 1.70 bits per heavy atom. The molecule has 12 nitrogen and oxygen atoms in total. The second-order valence-corrected chi connectivity index (χ2v) is 15.6. The third kappa shape index (κ3) is 9.95. The molecule has 294 valence electrons. The Bertz CT molecular complexity index is 2200. The lowest BCUT2D eigenvalue weighted by Crippen LogP contribution is -2.51. The Kier molecular flexibility index (Phi) is 14.1. The third-order valence-electron chi connectivity index (χ3n) is 10.4. The van der Waals surface area contributed by atoms with E-state index in [1.807, 2.05) is 54.7 Å². The number of Topliss-reactive ketones (excluding diaryl/α,β-unsaturated/α-hetero) is 1. The van der Waals surface area contributed by atoms with Crippen LogP contribution in [0.5, 0.6) is 0 Å².